The molecule has 0 fully saturated rings. The molecule has 2 aromatic carbocycles. The molecule has 188 valence electrons. The number of nitrogens with one attached hydrogen (secondary N) is 2. The van der Waals surface area contributed by atoms with Crippen molar-refractivity contribution in [2.45, 2.75) is 19.0 Å². The summed E-state index contributed by atoms with van der Waals surface area (Å²) in [4.78, 5) is 31.3. The molecule has 0 aliphatic heterocycles. The second-order valence-corrected chi connectivity index (χ2v) is 10.5. The van der Waals surface area contributed by atoms with Crippen LogP contribution >= 0.6 is 35.3 Å². The monoisotopic (exact) mass is 550 g/mol. The van der Waals surface area contributed by atoms with Crippen molar-refractivity contribution in [1.82, 2.24) is 24.3 Å². The van der Waals surface area contributed by atoms with E-state index in [1.54, 1.807) is 10.6 Å². The van der Waals surface area contributed by atoms with Crippen LogP contribution in [0.25, 0.3) is 21.7 Å². The zero-order valence-electron chi connectivity index (χ0n) is 19.9. The molecule has 12 heteroatoms. The Morgan fingerprint density at radius 2 is 1.92 bits per heavy atom. The standard InChI is InChI=1S/C25H22N6O3S3/c1-3-34-18-12-8-7-11-17(18)31-22-21(37-25(31)35)23(33)30(16-9-5-4-6-10-16)24(27-22)36-14-20(32)26-19-13-15(2)28-29-19/h4-13H,3,14H2,1-2H3,(H2,26,28,29,32). The van der Waals surface area contributed by atoms with Crippen LogP contribution in [0.1, 0.15) is 12.6 Å². The molecule has 3 heterocycles. The number of aryl methyl sites for hydroxylation is 1. The second-order valence-electron chi connectivity index (χ2n) is 7.90. The molecule has 37 heavy (non-hydrogen) atoms. The molecule has 0 bridgehead atoms. The van der Waals surface area contributed by atoms with Crippen LogP contribution in [0, 0.1) is 10.9 Å². The summed E-state index contributed by atoms with van der Waals surface area (Å²) in [6.45, 7) is 4.23. The van der Waals surface area contributed by atoms with Gasteiger partial charge in [0.2, 0.25) is 5.91 Å². The number of hydrogen-bond acceptors (Lipinski definition) is 8. The third-order valence-corrected chi connectivity index (χ3v) is 7.59. The summed E-state index contributed by atoms with van der Waals surface area (Å²) in [5.41, 5.74) is 2.35. The van der Waals surface area contributed by atoms with Crippen LogP contribution in [-0.4, -0.2) is 42.6 Å². The minimum absolute atomic E-state index is 0.0249. The molecule has 3 aromatic heterocycles. The molecule has 0 aliphatic rings. The number of anilines is 1. The maximum Gasteiger partial charge on any atom is 0.278 e. The molecule has 0 atom stereocenters. The number of thiazole rings is 1. The Kier molecular flexibility index (Phi) is 7.22. The highest BCUT2D eigenvalue weighted by atomic mass is 32.2. The Morgan fingerprint density at radius 1 is 1.16 bits per heavy atom. The first kappa shape index (κ1) is 24.9. The summed E-state index contributed by atoms with van der Waals surface area (Å²) >= 11 is 8.04. The van der Waals surface area contributed by atoms with Gasteiger partial charge in [0.15, 0.2) is 20.6 Å². The maximum absolute atomic E-state index is 13.8. The lowest BCUT2D eigenvalue weighted by Crippen LogP contribution is -2.22. The number of amides is 1. The number of nitrogens with zero attached hydrogens (tertiary/aromatic N) is 4. The number of rotatable bonds is 8. The van der Waals surface area contributed by atoms with Crippen molar-refractivity contribution in [3.05, 3.63) is 80.7 Å². The van der Waals surface area contributed by atoms with E-state index in [0.29, 0.717) is 49.0 Å². The Morgan fingerprint density at radius 3 is 2.65 bits per heavy atom. The van der Waals surface area contributed by atoms with Gasteiger partial charge in [0.1, 0.15) is 10.4 Å². The van der Waals surface area contributed by atoms with Gasteiger partial charge in [-0.25, -0.2) is 4.98 Å². The average Bonchev–Trinajstić information content (AvgIpc) is 3.45. The predicted octanol–water partition coefficient (Wildman–Crippen LogP) is 5.13. The molecule has 1 amide bonds. The highest BCUT2D eigenvalue weighted by Gasteiger charge is 2.21. The largest absolute Gasteiger partial charge is 0.492 e. The summed E-state index contributed by atoms with van der Waals surface area (Å²) in [6.07, 6.45) is 0. The number of para-hydroxylation sites is 3. The normalized spacial score (nSPS) is 11.1. The number of ether oxygens (including phenoxy) is 1. The first-order valence-electron chi connectivity index (χ1n) is 11.4. The summed E-state index contributed by atoms with van der Waals surface area (Å²) in [7, 11) is 0. The van der Waals surface area contributed by atoms with E-state index >= 15 is 0 Å². The van der Waals surface area contributed by atoms with Gasteiger partial charge in [-0.15, -0.1) is 0 Å². The number of fused-ring (bicyclic) bond motifs is 1. The van der Waals surface area contributed by atoms with E-state index in [1.807, 2.05) is 68.4 Å². The lowest BCUT2D eigenvalue weighted by atomic mass is 10.3. The van der Waals surface area contributed by atoms with Crippen LogP contribution < -0.4 is 15.6 Å². The smallest absolute Gasteiger partial charge is 0.278 e. The Hall–Kier alpha value is -3.74. The molecule has 0 unspecified atom stereocenters. The van der Waals surface area contributed by atoms with Crippen molar-refractivity contribution in [3.8, 4) is 17.1 Å². The van der Waals surface area contributed by atoms with Crippen LogP contribution in [-0.2, 0) is 4.79 Å². The highest BCUT2D eigenvalue weighted by molar-refractivity contribution is 7.99. The van der Waals surface area contributed by atoms with Crippen molar-refractivity contribution < 1.29 is 9.53 Å². The Balaban J connectivity index is 1.62. The van der Waals surface area contributed by atoms with E-state index in [9.17, 15) is 9.59 Å². The van der Waals surface area contributed by atoms with E-state index in [2.05, 4.69) is 15.5 Å². The van der Waals surface area contributed by atoms with Crippen molar-refractivity contribution in [2.75, 3.05) is 17.7 Å². The van der Waals surface area contributed by atoms with Crippen LogP contribution in [0.5, 0.6) is 5.75 Å². The third-order valence-electron chi connectivity index (χ3n) is 5.30. The van der Waals surface area contributed by atoms with Gasteiger partial charge in [0.05, 0.1) is 23.7 Å². The SMILES string of the molecule is CCOc1ccccc1-n1c(=S)sc2c(=O)n(-c3ccccc3)c(SCC(=O)Nc3cc(C)[nH]n3)nc21. The second kappa shape index (κ2) is 10.7. The Bertz CT molecular complexity index is 1700. The fourth-order valence-corrected chi connectivity index (χ4v) is 5.85. The quantitative estimate of drug-likeness (QED) is 0.157. The van der Waals surface area contributed by atoms with E-state index in [0.717, 1.165) is 17.5 Å². The van der Waals surface area contributed by atoms with Crippen molar-refractivity contribution >= 4 is 57.4 Å². The Labute approximate surface area is 225 Å². The molecule has 9 nitrogen and oxygen atoms in total. The lowest BCUT2D eigenvalue weighted by Gasteiger charge is -2.14. The van der Waals surface area contributed by atoms with Gasteiger partial charge in [-0.05, 0) is 50.3 Å². The number of H-pyrrole nitrogens is 1. The van der Waals surface area contributed by atoms with Crippen LogP contribution in [0.4, 0.5) is 5.82 Å². The van der Waals surface area contributed by atoms with Gasteiger partial charge >= 0.3 is 0 Å². The van der Waals surface area contributed by atoms with Gasteiger partial charge in [0, 0.05) is 11.8 Å². The molecule has 0 aliphatic carbocycles. The van der Waals surface area contributed by atoms with Gasteiger partial charge in [0.25, 0.3) is 5.56 Å². The molecular formula is C25H22N6O3S3. The van der Waals surface area contributed by atoms with Crippen LogP contribution in [0.3, 0.4) is 0 Å². The molecule has 0 saturated heterocycles. The zero-order valence-corrected chi connectivity index (χ0v) is 22.4. The number of benzene rings is 2. The summed E-state index contributed by atoms with van der Waals surface area (Å²) < 4.78 is 9.98. The van der Waals surface area contributed by atoms with E-state index in [4.69, 9.17) is 21.9 Å². The first-order valence-corrected chi connectivity index (χ1v) is 13.6. The number of carbonyl (C=O) groups excluding carboxylic acids is 1. The van der Waals surface area contributed by atoms with E-state index in [-0.39, 0.29) is 17.2 Å². The molecule has 5 rings (SSSR count). The number of aromatic amines is 1. The maximum atomic E-state index is 13.8. The predicted molar refractivity (Wildman–Crippen MR) is 149 cm³/mol. The van der Waals surface area contributed by atoms with Gasteiger partial charge in [-0.2, -0.15) is 5.10 Å². The fraction of sp³-hybridized carbons (Fsp3) is 0.160. The molecule has 0 radical (unpaired) electrons. The number of aromatic nitrogens is 5. The minimum Gasteiger partial charge on any atom is -0.492 e. The minimum atomic E-state index is -0.269. The topological polar surface area (TPSA) is 107 Å². The summed E-state index contributed by atoms with van der Waals surface area (Å²) in [6, 6.07) is 18.4. The van der Waals surface area contributed by atoms with E-state index in [1.165, 1.54) is 15.9 Å². The summed E-state index contributed by atoms with van der Waals surface area (Å²) in [5.74, 6) is 0.829. The van der Waals surface area contributed by atoms with Crippen molar-refractivity contribution in [1.29, 1.82) is 0 Å². The van der Waals surface area contributed by atoms with Crippen LogP contribution in [0.2, 0.25) is 0 Å². The fourth-order valence-electron chi connectivity index (χ4n) is 3.76. The van der Waals surface area contributed by atoms with Crippen molar-refractivity contribution in [2.24, 2.45) is 0 Å². The molecule has 2 N–H and O–H groups in total. The molecule has 0 spiro atoms. The van der Waals surface area contributed by atoms with E-state index < -0.39 is 0 Å². The number of hydrogen-bond donors (Lipinski definition) is 2. The van der Waals surface area contributed by atoms with Gasteiger partial charge < -0.3 is 10.1 Å². The van der Waals surface area contributed by atoms with Crippen molar-refractivity contribution in [3.63, 3.8) is 0 Å². The van der Waals surface area contributed by atoms with Gasteiger partial charge in [-0.1, -0.05) is 53.4 Å². The average molecular weight is 551 g/mol. The highest BCUT2D eigenvalue weighted by Crippen LogP contribution is 2.31. The summed E-state index contributed by atoms with van der Waals surface area (Å²) in [5, 5.41) is 9.95. The third kappa shape index (κ3) is 5.08. The molecular weight excluding hydrogens is 529 g/mol. The lowest BCUT2D eigenvalue weighted by molar-refractivity contribution is -0.113. The van der Waals surface area contributed by atoms with Gasteiger partial charge in [-0.3, -0.25) is 23.8 Å². The number of thioether (sulfide) groups is 1. The van der Waals surface area contributed by atoms with Crippen LogP contribution in [0.15, 0.2) is 70.6 Å². The molecule has 0 saturated carbocycles. The molecule has 5 aromatic rings. The zero-order chi connectivity index (χ0) is 25.9. The number of carbonyl (C=O) groups is 1. The first-order chi connectivity index (χ1) is 18.0.